The van der Waals surface area contributed by atoms with Crippen molar-refractivity contribution < 1.29 is 9.90 Å². The number of imidazole rings is 1. The molecule has 1 N–H and O–H groups in total. The molecule has 0 amide bonds. The number of benzene rings is 1. The molecular formula is C14H13ClN2O2. The number of carbonyl (C=O) groups is 1. The lowest BCUT2D eigenvalue weighted by molar-refractivity contribution is -0.147. The van der Waals surface area contributed by atoms with E-state index >= 15 is 0 Å². The molecule has 1 heterocycles. The van der Waals surface area contributed by atoms with Crippen LogP contribution < -0.4 is 0 Å². The second kappa shape index (κ2) is 4.38. The molecule has 0 unspecified atom stereocenters. The van der Waals surface area contributed by atoms with Gasteiger partial charge in [-0.25, -0.2) is 4.98 Å². The summed E-state index contributed by atoms with van der Waals surface area (Å²) in [5, 5.41) is 9.97. The van der Waals surface area contributed by atoms with Gasteiger partial charge in [-0.2, -0.15) is 0 Å². The van der Waals surface area contributed by atoms with Crippen LogP contribution in [0.3, 0.4) is 0 Å². The average Bonchev–Trinajstić information content (AvgIpc) is 2.80. The Kier molecular flexibility index (Phi) is 2.82. The molecule has 0 radical (unpaired) electrons. The summed E-state index contributed by atoms with van der Waals surface area (Å²) in [4.78, 5) is 15.4. The van der Waals surface area contributed by atoms with Crippen LogP contribution in [0.4, 0.5) is 0 Å². The molecule has 2 aromatic rings. The summed E-state index contributed by atoms with van der Waals surface area (Å²) in [6, 6.07) is 5.47. The van der Waals surface area contributed by atoms with Gasteiger partial charge in [-0.3, -0.25) is 4.79 Å². The first kappa shape index (κ1) is 12.2. The lowest BCUT2D eigenvalue weighted by Gasteiger charge is -2.38. The summed E-state index contributed by atoms with van der Waals surface area (Å²) in [6.07, 6.45) is 7.46. The third kappa shape index (κ3) is 1.83. The largest absolute Gasteiger partial charge is 0.481 e. The predicted octanol–water partition coefficient (Wildman–Crippen LogP) is 3.03. The van der Waals surface area contributed by atoms with Gasteiger partial charge in [0.15, 0.2) is 0 Å². The van der Waals surface area contributed by atoms with E-state index in [4.69, 9.17) is 11.6 Å². The first-order valence-electron chi connectivity index (χ1n) is 6.15. The van der Waals surface area contributed by atoms with Gasteiger partial charge < -0.3 is 9.67 Å². The molecule has 3 rings (SSSR count). The maximum Gasteiger partial charge on any atom is 0.314 e. The van der Waals surface area contributed by atoms with Gasteiger partial charge in [-0.15, -0.1) is 0 Å². The number of aromatic nitrogens is 2. The highest BCUT2D eigenvalue weighted by molar-refractivity contribution is 6.32. The zero-order valence-corrected chi connectivity index (χ0v) is 11.0. The number of hydrogen-bond acceptors (Lipinski definition) is 2. The van der Waals surface area contributed by atoms with Gasteiger partial charge in [0.2, 0.25) is 0 Å². The fraction of sp³-hybridized carbons (Fsp3) is 0.286. The van der Waals surface area contributed by atoms with E-state index in [2.05, 4.69) is 4.98 Å². The summed E-state index contributed by atoms with van der Waals surface area (Å²) in [7, 11) is 0. The van der Waals surface area contributed by atoms with Gasteiger partial charge in [0.05, 0.1) is 22.5 Å². The molecule has 1 fully saturated rings. The Morgan fingerprint density at radius 3 is 2.68 bits per heavy atom. The SMILES string of the molecule is O=C(O)C1(c2ccc(-n3ccnc3)c(Cl)c2)CCC1. The summed E-state index contributed by atoms with van der Waals surface area (Å²) in [5.41, 5.74) is 0.861. The van der Waals surface area contributed by atoms with Crippen LogP contribution in [0.1, 0.15) is 24.8 Å². The van der Waals surface area contributed by atoms with Crippen LogP contribution in [0.2, 0.25) is 5.02 Å². The van der Waals surface area contributed by atoms with E-state index in [0.717, 1.165) is 17.7 Å². The molecule has 1 aliphatic rings. The minimum atomic E-state index is -0.759. The number of halogens is 1. The summed E-state index contributed by atoms with van der Waals surface area (Å²) in [6.45, 7) is 0. The Labute approximate surface area is 115 Å². The van der Waals surface area contributed by atoms with Gasteiger partial charge in [-0.05, 0) is 30.5 Å². The molecule has 0 spiro atoms. The second-order valence-electron chi connectivity index (χ2n) is 4.88. The van der Waals surface area contributed by atoms with E-state index in [9.17, 15) is 9.90 Å². The van der Waals surface area contributed by atoms with Crippen molar-refractivity contribution in [3.05, 3.63) is 47.5 Å². The van der Waals surface area contributed by atoms with Crippen molar-refractivity contribution in [2.24, 2.45) is 0 Å². The summed E-state index contributed by atoms with van der Waals surface area (Å²) < 4.78 is 1.81. The molecule has 1 aromatic heterocycles. The van der Waals surface area contributed by atoms with Gasteiger partial charge >= 0.3 is 5.97 Å². The average molecular weight is 277 g/mol. The van der Waals surface area contributed by atoms with E-state index in [1.165, 1.54) is 0 Å². The fourth-order valence-electron chi connectivity index (χ4n) is 2.57. The number of nitrogens with zero attached hydrogens (tertiary/aromatic N) is 2. The van der Waals surface area contributed by atoms with Crippen LogP contribution >= 0.6 is 11.6 Å². The normalized spacial score (nSPS) is 16.9. The first-order chi connectivity index (χ1) is 9.13. The molecule has 19 heavy (non-hydrogen) atoms. The van der Waals surface area contributed by atoms with Crippen molar-refractivity contribution >= 4 is 17.6 Å². The number of carboxylic acid groups (broad SMARTS) is 1. The maximum atomic E-state index is 11.5. The number of carboxylic acids is 1. The number of rotatable bonds is 3. The summed E-state index contributed by atoms with van der Waals surface area (Å²) in [5.74, 6) is -0.759. The molecule has 1 saturated carbocycles. The van der Waals surface area contributed by atoms with E-state index < -0.39 is 11.4 Å². The van der Waals surface area contributed by atoms with Crippen LogP contribution in [0.15, 0.2) is 36.9 Å². The van der Waals surface area contributed by atoms with Crippen LogP contribution in [0, 0.1) is 0 Å². The van der Waals surface area contributed by atoms with Gasteiger partial charge in [0.1, 0.15) is 0 Å². The lowest BCUT2D eigenvalue weighted by atomic mass is 9.64. The molecule has 0 bridgehead atoms. The minimum absolute atomic E-state index is 0.544. The molecule has 0 atom stereocenters. The van der Waals surface area contributed by atoms with Crippen molar-refractivity contribution in [2.45, 2.75) is 24.7 Å². The molecule has 1 aromatic carbocycles. The summed E-state index contributed by atoms with van der Waals surface area (Å²) >= 11 is 6.27. The third-order valence-electron chi connectivity index (χ3n) is 3.90. The first-order valence-corrected chi connectivity index (χ1v) is 6.53. The molecule has 0 saturated heterocycles. The fourth-order valence-corrected chi connectivity index (χ4v) is 2.85. The van der Waals surface area contributed by atoms with E-state index in [0.29, 0.717) is 17.9 Å². The topological polar surface area (TPSA) is 55.1 Å². The van der Waals surface area contributed by atoms with Crippen molar-refractivity contribution in [1.82, 2.24) is 9.55 Å². The van der Waals surface area contributed by atoms with Crippen molar-refractivity contribution in [2.75, 3.05) is 0 Å². The predicted molar refractivity (Wildman–Crippen MR) is 71.7 cm³/mol. The highest BCUT2D eigenvalue weighted by atomic mass is 35.5. The van der Waals surface area contributed by atoms with Crippen LogP contribution in [0.25, 0.3) is 5.69 Å². The molecule has 98 valence electrons. The van der Waals surface area contributed by atoms with Crippen LogP contribution in [0.5, 0.6) is 0 Å². The van der Waals surface area contributed by atoms with Crippen molar-refractivity contribution in [1.29, 1.82) is 0 Å². The van der Waals surface area contributed by atoms with Crippen LogP contribution in [-0.4, -0.2) is 20.6 Å². The Morgan fingerprint density at radius 2 is 2.21 bits per heavy atom. The zero-order valence-electron chi connectivity index (χ0n) is 10.2. The maximum absolute atomic E-state index is 11.5. The highest BCUT2D eigenvalue weighted by Gasteiger charge is 2.46. The van der Waals surface area contributed by atoms with E-state index in [1.807, 2.05) is 12.1 Å². The smallest absolute Gasteiger partial charge is 0.314 e. The number of hydrogen-bond donors (Lipinski definition) is 1. The van der Waals surface area contributed by atoms with Crippen LogP contribution in [-0.2, 0) is 10.2 Å². The Bertz CT molecular complexity index is 618. The Hall–Kier alpha value is -1.81. The van der Waals surface area contributed by atoms with E-state index in [1.54, 1.807) is 29.4 Å². The monoisotopic (exact) mass is 276 g/mol. The van der Waals surface area contributed by atoms with E-state index in [-0.39, 0.29) is 0 Å². The third-order valence-corrected chi connectivity index (χ3v) is 4.20. The quantitative estimate of drug-likeness (QED) is 0.937. The molecule has 0 aliphatic heterocycles. The Balaban J connectivity index is 2.02. The molecule has 4 nitrogen and oxygen atoms in total. The molecule has 1 aliphatic carbocycles. The second-order valence-corrected chi connectivity index (χ2v) is 5.28. The highest BCUT2D eigenvalue weighted by Crippen LogP contribution is 2.45. The molecular weight excluding hydrogens is 264 g/mol. The minimum Gasteiger partial charge on any atom is -0.481 e. The lowest BCUT2D eigenvalue weighted by Crippen LogP contribution is -2.42. The molecule has 5 heteroatoms. The number of aliphatic carboxylic acids is 1. The van der Waals surface area contributed by atoms with Gasteiger partial charge in [-0.1, -0.05) is 24.1 Å². The van der Waals surface area contributed by atoms with Crippen molar-refractivity contribution in [3.63, 3.8) is 0 Å². The van der Waals surface area contributed by atoms with Gasteiger partial charge in [0, 0.05) is 12.4 Å². The van der Waals surface area contributed by atoms with Gasteiger partial charge in [0.25, 0.3) is 0 Å². The Morgan fingerprint density at radius 1 is 1.42 bits per heavy atom. The van der Waals surface area contributed by atoms with Crippen molar-refractivity contribution in [3.8, 4) is 5.69 Å². The zero-order chi connectivity index (χ0) is 13.5. The standard InChI is InChI=1S/C14H13ClN2O2/c15-11-8-10(14(13(18)19)4-1-5-14)2-3-12(11)17-7-6-16-9-17/h2-3,6-9H,1,4-5H2,(H,18,19).